The molecule has 2 saturated carbocycles. The first-order valence-corrected chi connectivity index (χ1v) is 8.13. The first-order chi connectivity index (χ1) is 9.54. The van der Waals surface area contributed by atoms with Crippen LogP contribution in [0.15, 0.2) is 0 Å². The topological polar surface area (TPSA) is 49.4 Å². The van der Waals surface area contributed by atoms with Crippen LogP contribution in [-0.4, -0.2) is 35.8 Å². The highest BCUT2D eigenvalue weighted by molar-refractivity contribution is 5.80. The van der Waals surface area contributed by atoms with E-state index in [1.807, 2.05) is 18.7 Å². The van der Waals surface area contributed by atoms with Crippen LogP contribution >= 0.6 is 0 Å². The molecule has 0 radical (unpaired) electrons. The number of hydrogen-bond donors (Lipinski definition) is 1. The summed E-state index contributed by atoms with van der Waals surface area (Å²) in [6, 6.07) is 0.255. The van der Waals surface area contributed by atoms with Gasteiger partial charge in [-0.2, -0.15) is 0 Å². The highest BCUT2D eigenvalue weighted by Crippen LogP contribution is 2.54. The Morgan fingerprint density at radius 1 is 1.05 bits per heavy atom. The molecule has 2 atom stereocenters. The summed E-state index contributed by atoms with van der Waals surface area (Å²) in [5.41, 5.74) is 0. The molecule has 4 heteroatoms. The van der Waals surface area contributed by atoms with E-state index in [9.17, 15) is 9.59 Å². The van der Waals surface area contributed by atoms with Crippen molar-refractivity contribution in [2.24, 2.45) is 23.7 Å². The van der Waals surface area contributed by atoms with E-state index in [0.717, 1.165) is 50.6 Å². The number of fused-ring (bicyclic) bond motifs is 1. The molecule has 2 amide bonds. The van der Waals surface area contributed by atoms with Gasteiger partial charge in [0.1, 0.15) is 0 Å². The second-order valence-corrected chi connectivity index (χ2v) is 7.19. The van der Waals surface area contributed by atoms with Crippen molar-refractivity contribution in [3.63, 3.8) is 0 Å². The molecule has 0 aromatic heterocycles. The van der Waals surface area contributed by atoms with Crippen molar-refractivity contribution in [1.29, 1.82) is 0 Å². The molecule has 112 valence electrons. The summed E-state index contributed by atoms with van der Waals surface area (Å²) >= 11 is 0. The molecule has 0 aromatic carbocycles. The van der Waals surface area contributed by atoms with E-state index in [1.165, 1.54) is 6.42 Å². The number of amides is 2. The summed E-state index contributed by atoms with van der Waals surface area (Å²) in [5.74, 6) is 2.59. The van der Waals surface area contributed by atoms with Crippen molar-refractivity contribution in [2.45, 2.75) is 52.0 Å². The fourth-order valence-corrected chi connectivity index (χ4v) is 3.79. The summed E-state index contributed by atoms with van der Waals surface area (Å²) in [6.45, 7) is 5.46. The van der Waals surface area contributed by atoms with Gasteiger partial charge < -0.3 is 10.2 Å². The van der Waals surface area contributed by atoms with Gasteiger partial charge in [-0.1, -0.05) is 13.8 Å². The third kappa shape index (κ3) is 2.84. The van der Waals surface area contributed by atoms with Crippen molar-refractivity contribution < 1.29 is 9.59 Å². The Labute approximate surface area is 121 Å². The molecule has 3 rings (SSSR count). The lowest BCUT2D eigenvalue weighted by Gasteiger charge is -2.34. The van der Waals surface area contributed by atoms with Crippen molar-refractivity contribution in [2.75, 3.05) is 13.1 Å². The molecule has 2 aliphatic carbocycles. The minimum Gasteiger partial charge on any atom is -0.353 e. The fraction of sp³-hybridized carbons (Fsp3) is 0.875. The van der Waals surface area contributed by atoms with Crippen LogP contribution in [0.25, 0.3) is 0 Å². The smallest absolute Gasteiger partial charge is 0.225 e. The summed E-state index contributed by atoms with van der Waals surface area (Å²) < 4.78 is 0. The molecule has 2 unspecified atom stereocenters. The van der Waals surface area contributed by atoms with Gasteiger partial charge in [-0.15, -0.1) is 0 Å². The minimum absolute atomic E-state index is 0.0416. The molecule has 1 heterocycles. The van der Waals surface area contributed by atoms with E-state index < -0.39 is 0 Å². The Balaban J connectivity index is 1.44. The zero-order chi connectivity index (χ0) is 14.3. The van der Waals surface area contributed by atoms with E-state index in [1.54, 1.807) is 0 Å². The van der Waals surface area contributed by atoms with E-state index in [0.29, 0.717) is 11.8 Å². The Hall–Kier alpha value is -1.06. The molecule has 1 saturated heterocycles. The second-order valence-electron chi connectivity index (χ2n) is 7.19. The van der Waals surface area contributed by atoms with Gasteiger partial charge in [0.2, 0.25) is 11.8 Å². The lowest BCUT2D eigenvalue weighted by Crippen LogP contribution is -2.48. The van der Waals surface area contributed by atoms with Crippen molar-refractivity contribution in [3.05, 3.63) is 0 Å². The lowest BCUT2D eigenvalue weighted by atomic mass is 9.98. The summed E-state index contributed by atoms with van der Waals surface area (Å²) in [5, 5.41) is 3.08. The monoisotopic (exact) mass is 278 g/mol. The van der Waals surface area contributed by atoms with Crippen molar-refractivity contribution in [3.8, 4) is 0 Å². The summed E-state index contributed by atoms with van der Waals surface area (Å²) in [4.78, 5) is 26.2. The largest absolute Gasteiger partial charge is 0.353 e. The number of hydrogen-bond acceptors (Lipinski definition) is 2. The van der Waals surface area contributed by atoms with Gasteiger partial charge in [0, 0.05) is 31.0 Å². The van der Waals surface area contributed by atoms with Crippen LogP contribution in [-0.2, 0) is 9.59 Å². The predicted octanol–water partition coefficient (Wildman–Crippen LogP) is 1.80. The zero-order valence-corrected chi connectivity index (χ0v) is 12.6. The van der Waals surface area contributed by atoms with E-state index in [2.05, 4.69) is 5.32 Å². The van der Waals surface area contributed by atoms with Crippen LogP contribution in [0.1, 0.15) is 46.0 Å². The Morgan fingerprint density at radius 3 is 2.20 bits per heavy atom. The summed E-state index contributed by atoms with van der Waals surface area (Å²) in [7, 11) is 0. The van der Waals surface area contributed by atoms with Crippen molar-refractivity contribution >= 4 is 11.8 Å². The number of carbonyl (C=O) groups excluding carboxylic acids is 2. The molecule has 1 N–H and O–H groups in total. The first-order valence-electron chi connectivity index (χ1n) is 8.13. The molecule has 20 heavy (non-hydrogen) atoms. The minimum atomic E-state index is 0.0416. The maximum Gasteiger partial charge on any atom is 0.225 e. The van der Waals surface area contributed by atoms with Gasteiger partial charge in [-0.25, -0.2) is 0 Å². The number of carbonyl (C=O) groups is 2. The zero-order valence-electron chi connectivity index (χ0n) is 12.6. The average molecular weight is 278 g/mol. The number of rotatable bonds is 3. The highest BCUT2D eigenvalue weighted by atomic mass is 16.2. The van der Waals surface area contributed by atoms with Crippen molar-refractivity contribution in [1.82, 2.24) is 10.2 Å². The highest BCUT2D eigenvalue weighted by Gasteiger charge is 2.48. The normalized spacial score (nSPS) is 33.1. The quantitative estimate of drug-likeness (QED) is 0.855. The van der Waals surface area contributed by atoms with Crippen LogP contribution in [0.2, 0.25) is 0 Å². The van der Waals surface area contributed by atoms with Crippen LogP contribution in [0.4, 0.5) is 0 Å². The standard InChI is InChI=1S/C16H26N2O2/c1-10(2)15(19)17-14-3-5-18(6-4-14)16(20)13-8-11-7-12(11)9-13/h10-14H,3-9H2,1-2H3,(H,17,19). The molecule has 0 spiro atoms. The number of nitrogens with zero attached hydrogens (tertiary/aromatic N) is 1. The second kappa shape index (κ2) is 5.38. The number of nitrogens with one attached hydrogen (secondary N) is 1. The molecular weight excluding hydrogens is 252 g/mol. The maximum atomic E-state index is 12.4. The SMILES string of the molecule is CC(C)C(=O)NC1CCN(C(=O)C2CC3CC3C2)CC1. The Morgan fingerprint density at radius 2 is 1.65 bits per heavy atom. The Bertz CT molecular complexity index is 389. The fourth-order valence-electron chi connectivity index (χ4n) is 3.79. The molecule has 1 aliphatic heterocycles. The third-order valence-electron chi connectivity index (χ3n) is 5.27. The number of likely N-dealkylation sites (tertiary alicyclic amines) is 1. The lowest BCUT2D eigenvalue weighted by molar-refractivity contribution is -0.136. The molecule has 0 bridgehead atoms. The molecular formula is C16H26N2O2. The van der Waals surface area contributed by atoms with Crippen LogP contribution in [0, 0.1) is 23.7 Å². The van der Waals surface area contributed by atoms with E-state index >= 15 is 0 Å². The van der Waals surface area contributed by atoms with Gasteiger partial charge in [-0.3, -0.25) is 9.59 Å². The average Bonchev–Trinajstić information content (AvgIpc) is 3.05. The van der Waals surface area contributed by atoms with Gasteiger partial charge in [0.25, 0.3) is 0 Å². The van der Waals surface area contributed by atoms with E-state index in [-0.39, 0.29) is 17.9 Å². The van der Waals surface area contributed by atoms with Crippen LogP contribution in [0.5, 0.6) is 0 Å². The molecule has 0 aromatic rings. The van der Waals surface area contributed by atoms with Gasteiger partial charge in [0.05, 0.1) is 0 Å². The third-order valence-corrected chi connectivity index (χ3v) is 5.27. The van der Waals surface area contributed by atoms with E-state index in [4.69, 9.17) is 0 Å². The van der Waals surface area contributed by atoms with Gasteiger partial charge >= 0.3 is 0 Å². The van der Waals surface area contributed by atoms with Gasteiger partial charge in [-0.05, 0) is 43.9 Å². The molecule has 4 nitrogen and oxygen atoms in total. The van der Waals surface area contributed by atoms with Crippen LogP contribution in [0.3, 0.4) is 0 Å². The number of piperidine rings is 1. The first kappa shape index (κ1) is 13.9. The predicted molar refractivity (Wildman–Crippen MR) is 76.9 cm³/mol. The van der Waals surface area contributed by atoms with Gasteiger partial charge in [0.15, 0.2) is 0 Å². The Kier molecular flexibility index (Phi) is 3.74. The molecule has 3 aliphatic rings. The molecule has 3 fully saturated rings. The maximum absolute atomic E-state index is 12.4. The van der Waals surface area contributed by atoms with Crippen LogP contribution < -0.4 is 5.32 Å². The summed E-state index contributed by atoms with van der Waals surface area (Å²) in [6.07, 6.45) is 5.45.